The summed E-state index contributed by atoms with van der Waals surface area (Å²) in [6.45, 7) is 8.83. The molecule has 1 saturated heterocycles. The summed E-state index contributed by atoms with van der Waals surface area (Å²) in [4.78, 5) is 33.1. The van der Waals surface area contributed by atoms with Crippen molar-refractivity contribution in [2.24, 2.45) is 0 Å². The van der Waals surface area contributed by atoms with Gasteiger partial charge in [-0.25, -0.2) is 4.98 Å². The summed E-state index contributed by atoms with van der Waals surface area (Å²) in [7, 11) is 0. The first-order valence-corrected chi connectivity index (χ1v) is 9.16. The summed E-state index contributed by atoms with van der Waals surface area (Å²) >= 11 is 1.38. The fourth-order valence-electron chi connectivity index (χ4n) is 2.74. The molecule has 1 aromatic heterocycles. The highest BCUT2D eigenvalue weighted by Crippen LogP contribution is 2.27. The Hall–Kier alpha value is -1.56. The summed E-state index contributed by atoms with van der Waals surface area (Å²) in [6.07, 6.45) is 3.84. The zero-order valence-corrected chi connectivity index (χ0v) is 14.9. The maximum atomic E-state index is 12.6. The van der Waals surface area contributed by atoms with Gasteiger partial charge in [0.25, 0.3) is 5.91 Å². The van der Waals surface area contributed by atoms with Crippen molar-refractivity contribution in [2.75, 3.05) is 26.2 Å². The van der Waals surface area contributed by atoms with Crippen molar-refractivity contribution < 1.29 is 9.59 Å². The van der Waals surface area contributed by atoms with E-state index < -0.39 is 0 Å². The predicted octanol–water partition coefficient (Wildman–Crippen LogP) is 2.67. The topological polar surface area (TPSA) is 53.5 Å². The predicted molar refractivity (Wildman–Crippen MR) is 92.6 cm³/mol. The van der Waals surface area contributed by atoms with E-state index in [1.807, 2.05) is 25.7 Å². The second-order valence-corrected chi connectivity index (χ2v) is 6.96. The number of amides is 2. The van der Waals surface area contributed by atoms with Crippen LogP contribution in [0.15, 0.2) is 23.4 Å². The van der Waals surface area contributed by atoms with Crippen LogP contribution in [0.1, 0.15) is 44.0 Å². The number of aromatic nitrogens is 1. The highest BCUT2D eigenvalue weighted by Gasteiger charge is 2.26. The van der Waals surface area contributed by atoms with Gasteiger partial charge in [0.1, 0.15) is 5.03 Å². The lowest BCUT2D eigenvalue weighted by Gasteiger charge is -2.22. The van der Waals surface area contributed by atoms with Crippen LogP contribution in [0.2, 0.25) is 0 Å². The smallest absolute Gasteiger partial charge is 0.256 e. The van der Waals surface area contributed by atoms with Crippen LogP contribution >= 0.6 is 11.8 Å². The zero-order chi connectivity index (χ0) is 16.8. The molecule has 1 aromatic rings. The van der Waals surface area contributed by atoms with Crippen molar-refractivity contribution in [1.82, 2.24) is 14.8 Å². The molecule has 1 fully saturated rings. The Morgan fingerprint density at radius 1 is 1.30 bits per heavy atom. The van der Waals surface area contributed by atoms with Gasteiger partial charge in [0.05, 0.1) is 10.8 Å². The molecule has 0 unspecified atom stereocenters. The molecular formula is C17H25N3O2S. The molecule has 0 radical (unpaired) electrons. The number of likely N-dealkylation sites (tertiary alicyclic amines) is 1. The van der Waals surface area contributed by atoms with Crippen LogP contribution in [-0.4, -0.2) is 58.0 Å². The quantitative estimate of drug-likeness (QED) is 0.750. The summed E-state index contributed by atoms with van der Waals surface area (Å²) in [6, 6.07) is 3.57. The van der Waals surface area contributed by atoms with Gasteiger partial charge in [-0.2, -0.15) is 0 Å². The van der Waals surface area contributed by atoms with Crippen LogP contribution in [0.25, 0.3) is 0 Å². The molecule has 2 amide bonds. The first-order valence-electron chi connectivity index (χ1n) is 8.28. The van der Waals surface area contributed by atoms with E-state index in [2.05, 4.69) is 4.98 Å². The minimum atomic E-state index is -0.230. The monoisotopic (exact) mass is 335 g/mol. The fourth-order valence-corrected chi connectivity index (χ4v) is 3.73. The first-order chi connectivity index (χ1) is 11.1. The van der Waals surface area contributed by atoms with Gasteiger partial charge >= 0.3 is 0 Å². The Morgan fingerprint density at radius 3 is 2.57 bits per heavy atom. The molecule has 5 nitrogen and oxygen atoms in total. The number of hydrogen-bond donors (Lipinski definition) is 0. The van der Waals surface area contributed by atoms with E-state index in [1.165, 1.54) is 11.8 Å². The largest absolute Gasteiger partial charge is 0.342 e. The molecule has 6 heteroatoms. The SMILES string of the molecule is CCN(CC)C(=O)c1cccnc1S[C@@H](C)C(=O)N1CCCC1. The van der Waals surface area contributed by atoms with E-state index in [9.17, 15) is 9.59 Å². The zero-order valence-electron chi connectivity index (χ0n) is 14.1. The Bertz CT molecular complexity index is 555. The van der Waals surface area contributed by atoms with Gasteiger partial charge in [-0.15, -0.1) is 0 Å². The van der Waals surface area contributed by atoms with Gasteiger partial charge in [-0.1, -0.05) is 11.8 Å². The van der Waals surface area contributed by atoms with E-state index in [4.69, 9.17) is 0 Å². The van der Waals surface area contributed by atoms with Gasteiger partial charge in [0, 0.05) is 32.4 Å². The second-order valence-electron chi connectivity index (χ2n) is 5.63. The van der Waals surface area contributed by atoms with E-state index >= 15 is 0 Å². The Kier molecular flexibility index (Phi) is 6.45. The molecule has 0 aromatic carbocycles. The molecule has 0 bridgehead atoms. The third-order valence-corrected chi connectivity index (χ3v) is 5.21. The van der Waals surface area contributed by atoms with Gasteiger partial charge in [0.2, 0.25) is 5.91 Å². The minimum absolute atomic E-state index is 0.0218. The Labute approximate surface area is 142 Å². The van der Waals surface area contributed by atoms with Crippen molar-refractivity contribution in [3.63, 3.8) is 0 Å². The number of carbonyl (C=O) groups is 2. The molecule has 1 aliphatic heterocycles. The summed E-state index contributed by atoms with van der Waals surface area (Å²) in [5.74, 6) is 0.116. The van der Waals surface area contributed by atoms with Crippen LogP contribution in [0.3, 0.4) is 0 Å². The maximum Gasteiger partial charge on any atom is 0.256 e. The van der Waals surface area contributed by atoms with Crippen LogP contribution in [0, 0.1) is 0 Å². The molecule has 0 aliphatic carbocycles. The molecular weight excluding hydrogens is 310 g/mol. The highest BCUT2D eigenvalue weighted by atomic mass is 32.2. The summed E-state index contributed by atoms with van der Waals surface area (Å²) in [5.41, 5.74) is 0.585. The Balaban J connectivity index is 2.13. The van der Waals surface area contributed by atoms with Gasteiger partial charge < -0.3 is 9.80 Å². The molecule has 0 saturated carbocycles. The van der Waals surface area contributed by atoms with Crippen LogP contribution in [-0.2, 0) is 4.79 Å². The molecule has 1 aliphatic rings. The third-order valence-electron chi connectivity index (χ3n) is 4.11. The lowest BCUT2D eigenvalue weighted by Crippen LogP contribution is -2.34. The van der Waals surface area contributed by atoms with E-state index in [1.54, 1.807) is 23.2 Å². The van der Waals surface area contributed by atoms with E-state index in [0.717, 1.165) is 25.9 Å². The summed E-state index contributed by atoms with van der Waals surface area (Å²) < 4.78 is 0. The van der Waals surface area contributed by atoms with Gasteiger partial charge in [-0.3, -0.25) is 9.59 Å². The fraction of sp³-hybridized carbons (Fsp3) is 0.588. The van der Waals surface area contributed by atoms with Crippen LogP contribution < -0.4 is 0 Å². The van der Waals surface area contributed by atoms with Crippen molar-refractivity contribution in [3.8, 4) is 0 Å². The molecule has 126 valence electrons. The number of hydrogen-bond acceptors (Lipinski definition) is 4. The molecule has 2 rings (SSSR count). The molecule has 1 atom stereocenters. The summed E-state index contributed by atoms with van der Waals surface area (Å²) in [5, 5.41) is 0.413. The van der Waals surface area contributed by atoms with Gasteiger partial charge in [-0.05, 0) is 45.7 Å². The number of nitrogens with zero attached hydrogens (tertiary/aromatic N) is 3. The number of thioether (sulfide) groups is 1. The van der Waals surface area contributed by atoms with E-state index in [0.29, 0.717) is 23.7 Å². The molecule has 23 heavy (non-hydrogen) atoms. The van der Waals surface area contributed by atoms with Gasteiger partial charge in [0.15, 0.2) is 0 Å². The molecule has 0 N–H and O–H groups in total. The van der Waals surface area contributed by atoms with Crippen LogP contribution in [0.4, 0.5) is 0 Å². The number of rotatable bonds is 6. The second kappa shape index (κ2) is 8.34. The highest BCUT2D eigenvalue weighted by molar-refractivity contribution is 8.00. The standard InChI is InChI=1S/C17H25N3O2S/c1-4-19(5-2)17(22)14-9-8-10-18-15(14)23-13(3)16(21)20-11-6-7-12-20/h8-10,13H,4-7,11-12H2,1-3H3/t13-/m0/s1. The lowest BCUT2D eigenvalue weighted by molar-refractivity contribution is -0.129. The first kappa shape index (κ1) is 17.8. The molecule has 0 spiro atoms. The third kappa shape index (κ3) is 4.25. The van der Waals surface area contributed by atoms with Crippen molar-refractivity contribution in [2.45, 2.75) is 43.9 Å². The van der Waals surface area contributed by atoms with Crippen LogP contribution in [0.5, 0.6) is 0 Å². The number of carbonyl (C=O) groups excluding carboxylic acids is 2. The molecule has 2 heterocycles. The van der Waals surface area contributed by atoms with Crippen molar-refractivity contribution in [1.29, 1.82) is 0 Å². The average Bonchev–Trinajstić information content (AvgIpc) is 3.10. The van der Waals surface area contributed by atoms with Crippen molar-refractivity contribution in [3.05, 3.63) is 23.9 Å². The normalized spacial score (nSPS) is 15.5. The minimum Gasteiger partial charge on any atom is -0.342 e. The average molecular weight is 335 g/mol. The lowest BCUT2D eigenvalue weighted by atomic mass is 10.2. The number of pyridine rings is 1. The van der Waals surface area contributed by atoms with Crippen molar-refractivity contribution >= 4 is 23.6 Å². The maximum absolute atomic E-state index is 12.6. The Morgan fingerprint density at radius 2 is 1.96 bits per heavy atom. The van der Waals surface area contributed by atoms with E-state index in [-0.39, 0.29) is 17.1 Å².